The molecule has 0 saturated carbocycles. The van der Waals surface area contributed by atoms with Gasteiger partial charge in [0.1, 0.15) is 0 Å². The van der Waals surface area contributed by atoms with E-state index in [9.17, 15) is 24.5 Å². The Morgan fingerprint density at radius 2 is 1.83 bits per heavy atom. The van der Waals surface area contributed by atoms with Gasteiger partial charge in [-0.15, -0.1) is 0 Å². The second kappa shape index (κ2) is 8.55. The van der Waals surface area contributed by atoms with Crippen molar-refractivity contribution in [1.29, 1.82) is 0 Å². The number of carboxylic acid groups (broad SMARTS) is 1. The highest BCUT2D eigenvalue weighted by Crippen LogP contribution is 2.57. The Kier molecular flexibility index (Phi) is 6.37. The van der Waals surface area contributed by atoms with Crippen LogP contribution in [-0.2, 0) is 19.1 Å². The van der Waals surface area contributed by atoms with E-state index < -0.39 is 28.7 Å². The third kappa shape index (κ3) is 4.42. The first kappa shape index (κ1) is 21.6. The molecule has 29 heavy (non-hydrogen) atoms. The van der Waals surface area contributed by atoms with Crippen LogP contribution in [0.3, 0.4) is 0 Å². The van der Waals surface area contributed by atoms with Crippen LogP contribution < -0.4 is 5.73 Å². The van der Waals surface area contributed by atoms with Crippen LogP contribution in [0.5, 0.6) is 0 Å². The largest absolute Gasteiger partial charge is 0.481 e. The predicted octanol–water partition coefficient (Wildman–Crippen LogP) is 2.02. The lowest BCUT2D eigenvalue weighted by Gasteiger charge is -2.13. The molecule has 0 radical (unpaired) electrons. The summed E-state index contributed by atoms with van der Waals surface area (Å²) in [5.41, 5.74) is 8.44. The molecule has 2 aliphatic heterocycles. The molecule has 1 aromatic rings. The number of carbonyl (C=O) groups excluding carboxylic acids is 2. The zero-order valence-electron chi connectivity index (χ0n) is 16.2. The number of hydrogen-bond acceptors (Lipinski definition) is 7. The van der Waals surface area contributed by atoms with E-state index in [-0.39, 0.29) is 18.5 Å². The monoisotopic (exact) mass is 403 g/mol. The third-order valence-corrected chi connectivity index (χ3v) is 4.62. The molecule has 10 heteroatoms. The molecule has 0 fully saturated rings. The van der Waals surface area contributed by atoms with E-state index in [2.05, 4.69) is 5.73 Å². The van der Waals surface area contributed by atoms with Crippen molar-refractivity contribution in [2.24, 2.45) is 5.73 Å². The minimum atomic E-state index is -0.996. The van der Waals surface area contributed by atoms with Gasteiger partial charge in [0.05, 0.1) is 35.6 Å². The molecule has 0 spiro atoms. The number of carboxylic acids is 1. The summed E-state index contributed by atoms with van der Waals surface area (Å²) >= 11 is 0. The van der Waals surface area contributed by atoms with E-state index in [0.717, 1.165) is 17.1 Å². The van der Waals surface area contributed by atoms with Gasteiger partial charge in [-0.2, -0.15) is 0 Å². The van der Waals surface area contributed by atoms with E-state index in [1.807, 2.05) is 18.7 Å². The molecular weight excluding hydrogens is 382 g/mol. The molecular formula is C19H21N3O7. The van der Waals surface area contributed by atoms with Gasteiger partial charge in [0.15, 0.2) is 0 Å². The second-order valence-corrected chi connectivity index (χ2v) is 6.41. The number of benzene rings is 1. The lowest BCUT2D eigenvalue weighted by Crippen LogP contribution is -2.13. The fourth-order valence-corrected chi connectivity index (χ4v) is 3.31. The number of nitro groups is 1. The molecule has 0 aromatic heterocycles. The van der Waals surface area contributed by atoms with E-state index in [4.69, 9.17) is 9.84 Å². The summed E-state index contributed by atoms with van der Waals surface area (Å²) in [5, 5.41) is 19.2. The van der Waals surface area contributed by atoms with Crippen molar-refractivity contribution < 1.29 is 29.2 Å². The summed E-state index contributed by atoms with van der Waals surface area (Å²) in [7, 11) is 1.32. The minimum absolute atomic E-state index is 0.0192. The molecule has 0 aliphatic carbocycles. The lowest BCUT2D eigenvalue weighted by molar-refractivity contribution is -0.385. The molecule has 1 unspecified atom stereocenters. The summed E-state index contributed by atoms with van der Waals surface area (Å²) in [6.07, 6.45) is -0.245. The standard InChI is InChI=1S/C15H14N2O4.C4H7NO3/c1-8-12(15(18)21-3)13(14-9(2)16(8)14)10-6-4-5-7-11(10)17(19)20;5-3(6)1-2-4(7)8/h4-7,13H,1-3H3;1-2H2,(H2,5,6)(H,7,8). The van der Waals surface area contributed by atoms with Gasteiger partial charge in [0.2, 0.25) is 5.91 Å². The maximum Gasteiger partial charge on any atom is 0.336 e. The second-order valence-electron chi connectivity index (χ2n) is 6.41. The average Bonchev–Trinajstić information content (AvgIpc) is 3.22. The van der Waals surface area contributed by atoms with Crippen LogP contribution in [0.4, 0.5) is 5.69 Å². The number of nitrogens with zero attached hydrogens (tertiary/aromatic N) is 2. The minimum Gasteiger partial charge on any atom is -0.481 e. The van der Waals surface area contributed by atoms with E-state index in [1.165, 1.54) is 13.2 Å². The van der Waals surface area contributed by atoms with Gasteiger partial charge < -0.3 is 20.5 Å². The SMILES string of the molecule is COC(=O)C1=C(C)N2C(C)=C2C1c1ccccc1[N+](=O)[O-].NC(=O)CCC(=O)O. The summed E-state index contributed by atoms with van der Waals surface area (Å²) in [6.45, 7) is 3.77. The highest BCUT2D eigenvalue weighted by molar-refractivity contribution is 5.94. The quantitative estimate of drug-likeness (QED) is 0.415. The predicted molar refractivity (Wildman–Crippen MR) is 101 cm³/mol. The first-order valence-corrected chi connectivity index (χ1v) is 8.65. The van der Waals surface area contributed by atoms with Gasteiger partial charge in [0, 0.05) is 29.4 Å². The molecule has 0 saturated heterocycles. The molecule has 1 atom stereocenters. The van der Waals surface area contributed by atoms with Crippen molar-refractivity contribution in [2.75, 3.05) is 7.11 Å². The number of nitrogens with two attached hydrogens (primary N) is 1. The van der Waals surface area contributed by atoms with Gasteiger partial charge in [-0.05, 0) is 13.8 Å². The van der Waals surface area contributed by atoms with Crippen LogP contribution in [0.2, 0.25) is 0 Å². The number of nitro benzene ring substituents is 1. The number of esters is 1. The topological polar surface area (TPSA) is 153 Å². The lowest BCUT2D eigenvalue weighted by atomic mass is 9.89. The molecule has 154 valence electrons. The van der Waals surface area contributed by atoms with Crippen molar-refractivity contribution in [1.82, 2.24) is 4.90 Å². The van der Waals surface area contributed by atoms with Crippen molar-refractivity contribution in [3.63, 3.8) is 0 Å². The molecule has 1 aromatic carbocycles. The highest BCUT2D eigenvalue weighted by atomic mass is 16.6. The molecule has 1 amide bonds. The molecule has 3 N–H and O–H groups in total. The first-order valence-electron chi connectivity index (χ1n) is 8.65. The first-order chi connectivity index (χ1) is 13.6. The van der Waals surface area contributed by atoms with Gasteiger partial charge in [-0.3, -0.25) is 19.7 Å². The van der Waals surface area contributed by atoms with Gasteiger partial charge in [0.25, 0.3) is 5.69 Å². The number of fused-ring (bicyclic) bond motifs is 1. The Morgan fingerprint density at radius 1 is 1.21 bits per heavy atom. The van der Waals surface area contributed by atoms with E-state index >= 15 is 0 Å². The number of ether oxygens (including phenoxy) is 1. The van der Waals surface area contributed by atoms with Crippen LogP contribution in [-0.4, -0.2) is 39.9 Å². The van der Waals surface area contributed by atoms with Gasteiger partial charge >= 0.3 is 11.9 Å². The van der Waals surface area contributed by atoms with Crippen LogP contribution in [0.25, 0.3) is 0 Å². The van der Waals surface area contributed by atoms with Crippen LogP contribution in [0, 0.1) is 10.1 Å². The van der Waals surface area contributed by atoms with Gasteiger partial charge in [-0.1, -0.05) is 18.2 Å². The fourth-order valence-electron chi connectivity index (χ4n) is 3.31. The number of amides is 1. The number of para-hydroxylation sites is 1. The zero-order chi connectivity index (χ0) is 21.9. The number of aliphatic carboxylic acids is 1. The van der Waals surface area contributed by atoms with Crippen molar-refractivity contribution in [3.8, 4) is 0 Å². The average molecular weight is 403 g/mol. The van der Waals surface area contributed by atoms with Crippen LogP contribution >= 0.6 is 0 Å². The zero-order valence-corrected chi connectivity index (χ0v) is 16.2. The van der Waals surface area contributed by atoms with Crippen LogP contribution in [0.15, 0.2) is 46.9 Å². The number of hydrogen-bond donors (Lipinski definition) is 2. The normalized spacial score (nSPS) is 16.7. The molecule has 2 heterocycles. The van der Waals surface area contributed by atoms with Crippen LogP contribution in [0.1, 0.15) is 38.2 Å². The summed E-state index contributed by atoms with van der Waals surface area (Å²) in [6, 6.07) is 6.52. The van der Waals surface area contributed by atoms with E-state index in [1.54, 1.807) is 18.2 Å². The third-order valence-electron chi connectivity index (χ3n) is 4.62. The number of allylic oxidation sites excluding steroid dienone is 3. The smallest absolute Gasteiger partial charge is 0.336 e. The number of primary amides is 1. The molecule has 2 aliphatic rings. The highest BCUT2D eigenvalue weighted by Gasteiger charge is 2.51. The van der Waals surface area contributed by atoms with Crippen molar-refractivity contribution in [2.45, 2.75) is 32.6 Å². The molecule has 3 rings (SSSR count). The van der Waals surface area contributed by atoms with Gasteiger partial charge in [-0.25, -0.2) is 4.79 Å². The van der Waals surface area contributed by atoms with Crippen molar-refractivity contribution in [3.05, 3.63) is 62.6 Å². The summed E-state index contributed by atoms with van der Waals surface area (Å²) < 4.78 is 4.84. The Balaban J connectivity index is 0.000000321. The fraction of sp³-hybridized carbons (Fsp3) is 0.316. The maximum absolute atomic E-state index is 12.1. The number of carbonyl (C=O) groups is 3. The molecule has 10 nitrogen and oxygen atoms in total. The summed E-state index contributed by atoms with van der Waals surface area (Å²) in [4.78, 5) is 44.4. The number of methoxy groups -OCH3 is 1. The Labute approximate surface area is 166 Å². The summed E-state index contributed by atoms with van der Waals surface area (Å²) in [5.74, 6) is -2.43. The molecule has 0 bridgehead atoms. The number of rotatable bonds is 6. The Hall–Kier alpha value is -3.69. The van der Waals surface area contributed by atoms with Crippen molar-refractivity contribution >= 4 is 23.5 Å². The van der Waals surface area contributed by atoms with E-state index in [0.29, 0.717) is 11.1 Å². The Morgan fingerprint density at radius 3 is 2.31 bits per heavy atom. The Bertz CT molecular complexity index is 935. The maximum atomic E-state index is 12.1.